The largest absolute Gasteiger partial charge is 0.490 e. The number of nitrogens with two attached hydrogens (primary N) is 2. The lowest BCUT2D eigenvalue weighted by molar-refractivity contribution is -0.590. The van der Waals surface area contributed by atoms with Gasteiger partial charge in [-0.1, -0.05) is 59.8 Å². The van der Waals surface area contributed by atoms with E-state index in [2.05, 4.69) is 5.16 Å². The van der Waals surface area contributed by atoms with Gasteiger partial charge in [0.05, 0.1) is 17.1 Å². The second kappa shape index (κ2) is 11.2. The molecular formula is C31H28N5O6S+. The maximum Gasteiger partial charge on any atom is 0.316 e. The van der Waals surface area contributed by atoms with Crippen LogP contribution in [0, 0.1) is 0 Å². The molecule has 6 rings (SSSR count). The molecule has 11 nitrogen and oxygen atoms in total. The van der Waals surface area contributed by atoms with Crippen molar-refractivity contribution in [3.63, 3.8) is 0 Å². The maximum absolute atomic E-state index is 13.8. The fraction of sp³-hybridized carbons (Fsp3) is 0.129. The van der Waals surface area contributed by atoms with Crippen molar-refractivity contribution in [1.29, 1.82) is 0 Å². The molecule has 4 aromatic carbocycles. The Morgan fingerprint density at radius 1 is 0.953 bits per heavy atom. The molecule has 12 heteroatoms. The Labute approximate surface area is 247 Å². The SMILES string of the molecule is Nc1[nH+]oc2ccc(C(=O)N(CC(=O)N3CCOc4cc(-c5ccccc5S(N)(=O)=O)ccc43)Cc3ccccc3)cc12. The highest BCUT2D eigenvalue weighted by Gasteiger charge is 2.29. The highest BCUT2D eigenvalue weighted by Crippen LogP contribution is 2.37. The van der Waals surface area contributed by atoms with Crippen LogP contribution in [-0.2, 0) is 21.4 Å². The highest BCUT2D eigenvalue weighted by atomic mass is 32.2. The number of aromatic amines is 1. The minimum Gasteiger partial charge on any atom is -0.490 e. The summed E-state index contributed by atoms with van der Waals surface area (Å²) in [6, 6.07) is 25.9. The number of primary sulfonamides is 1. The predicted molar refractivity (Wildman–Crippen MR) is 159 cm³/mol. The molecule has 0 saturated heterocycles. The van der Waals surface area contributed by atoms with Crippen molar-refractivity contribution < 1.29 is 32.4 Å². The molecule has 0 radical (unpaired) electrons. The van der Waals surface area contributed by atoms with E-state index in [-0.39, 0.29) is 43.0 Å². The third-order valence-electron chi connectivity index (χ3n) is 7.25. The third-order valence-corrected chi connectivity index (χ3v) is 8.21. The van der Waals surface area contributed by atoms with Crippen LogP contribution in [0.5, 0.6) is 5.75 Å². The van der Waals surface area contributed by atoms with E-state index in [1.54, 1.807) is 59.5 Å². The molecule has 0 unspecified atom stereocenters. The highest BCUT2D eigenvalue weighted by molar-refractivity contribution is 7.89. The number of H-pyrrole nitrogens is 1. The van der Waals surface area contributed by atoms with Gasteiger partial charge >= 0.3 is 5.82 Å². The van der Waals surface area contributed by atoms with Crippen LogP contribution in [0.3, 0.4) is 0 Å². The molecule has 5 N–H and O–H groups in total. The summed E-state index contributed by atoms with van der Waals surface area (Å²) in [5, 5.41) is 8.59. The number of sulfonamides is 1. The van der Waals surface area contributed by atoms with Gasteiger partial charge in [0.2, 0.25) is 15.9 Å². The lowest BCUT2D eigenvalue weighted by atomic mass is 10.0. The number of nitrogens with one attached hydrogen (secondary N) is 1. The van der Waals surface area contributed by atoms with Gasteiger partial charge in [-0.2, -0.15) is 0 Å². The third kappa shape index (κ3) is 5.65. The second-order valence-corrected chi connectivity index (χ2v) is 11.6. The van der Waals surface area contributed by atoms with E-state index in [9.17, 15) is 18.0 Å². The number of ether oxygens (including phenoxy) is 1. The van der Waals surface area contributed by atoms with Crippen molar-refractivity contribution in [3.05, 3.63) is 102 Å². The standard InChI is InChI=1S/C31H27N5O6S/c32-30-24-16-22(11-13-26(24)42-34-30)31(38)35(18-20-6-2-1-3-7-20)19-29(37)36-14-15-41-27-17-21(10-12-25(27)36)23-8-4-5-9-28(23)43(33,39)40/h1-13,16-17H,14-15,18-19H2,(H2,32,34)(H2,33,39,40)/p+1. The maximum atomic E-state index is 13.8. The lowest BCUT2D eigenvalue weighted by Crippen LogP contribution is -2.45. The van der Waals surface area contributed by atoms with Gasteiger partial charge in [0.15, 0.2) is 5.58 Å². The molecule has 1 aliphatic rings. The summed E-state index contributed by atoms with van der Waals surface area (Å²) in [4.78, 5) is 30.7. The van der Waals surface area contributed by atoms with Gasteiger partial charge in [0, 0.05) is 17.7 Å². The quantitative estimate of drug-likeness (QED) is 0.290. The summed E-state index contributed by atoms with van der Waals surface area (Å²) in [6.45, 7) is 0.503. The Kier molecular flexibility index (Phi) is 7.30. The summed E-state index contributed by atoms with van der Waals surface area (Å²) in [7, 11) is -3.97. The van der Waals surface area contributed by atoms with Crippen molar-refractivity contribution in [2.45, 2.75) is 11.4 Å². The van der Waals surface area contributed by atoms with Gasteiger partial charge in [0.25, 0.3) is 5.91 Å². The van der Waals surface area contributed by atoms with Crippen LogP contribution >= 0.6 is 0 Å². The Bertz CT molecular complexity index is 1960. The van der Waals surface area contributed by atoms with Crippen LogP contribution in [0.1, 0.15) is 15.9 Å². The first kappa shape index (κ1) is 27.9. The zero-order valence-corrected chi connectivity index (χ0v) is 23.7. The molecule has 1 aromatic heterocycles. The van der Waals surface area contributed by atoms with Crippen molar-refractivity contribution >= 4 is 44.3 Å². The number of carbonyl (C=O) groups is 2. The number of rotatable bonds is 7. The van der Waals surface area contributed by atoms with Crippen LogP contribution in [0.4, 0.5) is 11.5 Å². The van der Waals surface area contributed by atoms with E-state index in [1.165, 1.54) is 11.0 Å². The average molecular weight is 599 g/mol. The monoisotopic (exact) mass is 598 g/mol. The van der Waals surface area contributed by atoms with E-state index < -0.39 is 10.0 Å². The number of hydrogen-bond acceptors (Lipinski definition) is 7. The predicted octanol–water partition coefficient (Wildman–Crippen LogP) is 3.21. The summed E-state index contributed by atoms with van der Waals surface area (Å²) in [5.41, 5.74) is 9.21. The number of amides is 2. The van der Waals surface area contributed by atoms with Crippen LogP contribution in [0.2, 0.25) is 0 Å². The second-order valence-electron chi connectivity index (χ2n) is 10.1. The molecule has 43 heavy (non-hydrogen) atoms. The summed E-state index contributed by atoms with van der Waals surface area (Å²) in [6.07, 6.45) is 0. The molecule has 0 saturated carbocycles. The molecule has 0 fully saturated rings. The fourth-order valence-electron chi connectivity index (χ4n) is 5.16. The lowest BCUT2D eigenvalue weighted by Gasteiger charge is -2.32. The van der Waals surface area contributed by atoms with E-state index in [0.717, 1.165) is 5.56 Å². The molecule has 0 bridgehead atoms. The first-order valence-electron chi connectivity index (χ1n) is 13.4. The Morgan fingerprint density at radius 2 is 1.72 bits per heavy atom. The Morgan fingerprint density at radius 3 is 2.51 bits per heavy atom. The minimum absolute atomic E-state index is 0.0120. The number of fused-ring (bicyclic) bond motifs is 2. The number of aromatic nitrogens is 1. The van der Waals surface area contributed by atoms with Crippen molar-refractivity contribution in [2.75, 3.05) is 30.3 Å². The van der Waals surface area contributed by atoms with Crippen LogP contribution in [0.25, 0.3) is 22.1 Å². The van der Waals surface area contributed by atoms with E-state index >= 15 is 0 Å². The van der Waals surface area contributed by atoms with E-state index in [1.807, 2.05) is 30.3 Å². The van der Waals surface area contributed by atoms with Crippen molar-refractivity contribution in [3.8, 4) is 16.9 Å². The minimum atomic E-state index is -3.97. The van der Waals surface area contributed by atoms with Gasteiger partial charge in [0.1, 0.15) is 24.3 Å². The fourth-order valence-corrected chi connectivity index (χ4v) is 5.92. The molecule has 5 aromatic rings. The molecular weight excluding hydrogens is 570 g/mol. The Balaban J connectivity index is 1.30. The number of benzene rings is 4. The van der Waals surface area contributed by atoms with Crippen LogP contribution < -0.4 is 25.7 Å². The topological polar surface area (TPSA) is 163 Å². The molecule has 1 aliphatic heterocycles. The van der Waals surface area contributed by atoms with Crippen molar-refractivity contribution in [1.82, 2.24) is 4.90 Å². The molecule has 2 amide bonds. The number of anilines is 2. The summed E-state index contributed by atoms with van der Waals surface area (Å²) in [5.74, 6) is 0.0672. The summed E-state index contributed by atoms with van der Waals surface area (Å²) < 4.78 is 35.5. The average Bonchev–Trinajstić information content (AvgIpc) is 3.39. The van der Waals surface area contributed by atoms with Gasteiger partial charge in [-0.3, -0.25) is 15.3 Å². The molecule has 0 spiro atoms. The van der Waals surface area contributed by atoms with E-state index in [0.29, 0.717) is 44.9 Å². The number of hydrogen-bond donors (Lipinski definition) is 2. The van der Waals surface area contributed by atoms with Gasteiger partial charge in [-0.25, -0.2) is 13.6 Å². The van der Waals surface area contributed by atoms with Gasteiger partial charge < -0.3 is 19.1 Å². The summed E-state index contributed by atoms with van der Waals surface area (Å²) >= 11 is 0. The molecule has 218 valence electrons. The zero-order valence-electron chi connectivity index (χ0n) is 22.9. The van der Waals surface area contributed by atoms with Gasteiger partial charge in [-0.05, 0) is 47.5 Å². The van der Waals surface area contributed by atoms with E-state index in [4.69, 9.17) is 20.1 Å². The molecule has 0 atom stereocenters. The first-order valence-corrected chi connectivity index (χ1v) is 15.0. The molecule has 2 heterocycles. The Hall–Kier alpha value is -5.20. The number of nitrogen functional groups attached to an aromatic ring is 1. The van der Waals surface area contributed by atoms with Crippen LogP contribution in [0.15, 0.2) is 100 Å². The normalized spacial score (nSPS) is 12.9. The van der Waals surface area contributed by atoms with Gasteiger partial charge in [-0.15, -0.1) is 0 Å². The molecule has 0 aliphatic carbocycles. The number of nitrogens with zero attached hydrogens (tertiary/aromatic N) is 2. The number of carbonyl (C=O) groups excluding carboxylic acids is 2. The first-order chi connectivity index (χ1) is 20.7. The smallest absolute Gasteiger partial charge is 0.316 e. The van der Waals surface area contributed by atoms with Crippen molar-refractivity contribution in [2.24, 2.45) is 5.14 Å². The van der Waals surface area contributed by atoms with Crippen LogP contribution in [-0.4, -0.2) is 44.8 Å². The zero-order chi connectivity index (χ0) is 30.1.